The maximum atomic E-state index is 12.9. The van der Waals surface area contributed by atoms with Crippen LogP contribution in [0.25, 0.3) is 5.76 Å². The van der Waals surface area contributed by atoms with Gasteiger partial charge in [0.05, 0.1) is 43.5 Å². The Morgan fingerprint density at radius 1 is 1.09 bits per heavy atom. The summed E-state index contributed by atoms with van der Waals surface area (Å²) in [6.45, 7) is 0.0386. The number of nitro benzene ring substituents is 1. The molecule has 0 radical (unpaired) electrons. The summed E-state index contributed by atoms with van der Waals surface area (Å²) in [7, 11) is 1.51. The lowest BCUT2D eigenvalue weighted by atomic mass is 9.95. The average molecular weight is 442 g/mol. The van der Waals surface area contributed by atoms with Gasteiger partial charge in [0.15, 0.2) is 0 Å². The van der Waals surface area contributed by atoms with E-state index in [4.69, 9.17) is 14.6 Å². The molecule has 168 valence electrons. The molecule has 1 heterocycles. The number of aliphatic hydroxyl groups excluding tert-OH is 2. The third-order valence-corrected chi connectivity index (χ3v) is 5.04. The van der Waals surface area contributed by atoms with Crippen molar-refractivity contribution < 1.29 is 34.2 Å². The van der Waals surface area contributed by atoms with E-state index in [1.807, 2.05) is 0 Å². The Balaban J connectivity index is 2.05. The van der Waals surface area contributed by atoms with Crippen molar-refractivity contribution in [2.75, 3.05) is 33.5 Å². The van der Waals surface area contributed by atoms with Crippen molar-refractivity contribution in [2.45, 2.75) is 6.04 Å². The van der Waals surface area contributed by atoms with Crippen LogP contribution in [-0.4, -0.2) is 65.2 Å². The third-order valence-electron chi connectivity index (χ3n) is 5.04. The van der Waals surface area contributed by atoms with Gasteiger partial charge in [0.25, 0.3) is 17.4 Å². The van der Waals surface area contributed by atoms with Gasteiger partial charge in [-0.3, -0.25) is 19.7 Å². The molecule has 1 fully saturated rings. The lowest BCUT2D eigenvalue weighted by molar-refractivity contribution is -0.384. The quantitative estimate of drug-likeness (QED) is 0.150. The highest BCUT2D eigenvalue weighted by molar-refractivity contribution is 6.46. The Morgan fingerprint density at radius 3 is 2.31 bits per heavy atom. The molecule has 1 unspecified atom stereocenters. The van der Waals surface area contributed by atoms with Crippen molar-refractivity contribution >= 4 is 23.1 Å². The second-order valence-electron chi connectivity index (χ2n) is 6.91. The number of nitrogens with zero attached hydrogens (tertiary/aromatic N) is 2. The second-order valence-corrected chi connectivity index (χ2v) is 6.91. The van der Waals surface area contributed by atoms with Gasteiger partial charge in [0.2, 0.25) is 0 Å². The number of aliphatic hydroxyl groups is 2. The van der Waals surface area contributed by atoms with Crippen molar-refractivity contribution in [1.82, 2.24) is 4.90 Å². The Labute approximate surface area is 183 Å². The summed E-state index contributed by atoms with van der Waals surface area (Å²) in [4.78, 5) is 37.3. The highest BCUT2D eigenvalue weighted by Crippen LogP contribution is 2.39. The number of benzene rings is 2. The Hall–Kier alpha value is -3.76. The largest absolute Gasteiger partial charge is 0.507 e. The van der Waals surface area contributed by atoms with Crippen molar-refractivity contribution in [3.8, 4) is 5.75 Å². The molecule has 0 aliphatic carbocycles. The summed E-state index contributed by atoms with van der Waals surface area (Å²) in [5, 5.41) is 30.7. The average Bonchev–Trinajstić information content (AvgIpc) is 3.06. The van der Waals surface area contributed by atoms with Crippen LogP contribution in [0.3, 0.4) is 0 Å². The molecule has 10 nitrogen and oxygen atoms in total. The van der Waals surface area contributed by atoms with E-state index < -0.39 is 28.4 Å². The molecule has 2 N–H and O–H groups in total. The van der Waals surface area contributed by atoms with Crippen LogP contribution >= 0.6 is 0 Å². The molecule has 0 spiro atoms. The van der Waals surface area contributed by atoms with Gasteiger partial charge in [-0.15, -0.1) is 0 Å². The molecule has 0 aromatic heterocycles. The highest BCUT2D eigenvalue weighted by Gasteiger charge is 2.45. The van der Waals surface area contributed by atoms with E-state index in [2.05, 4.69) is 0 Å². The number of ketones is 1. The van der Waals surface area contributed by atoms with E-state index in [0.717, 1.165) is 0 Å². The van der Waals surface area contributed by atoms with Crippen molar-refractivity contribution in [3.63, 3.8) is 0 Å². The highest BCUT2D eigenvalue weighted by atomic mass is 16.6. The maximum Gasteiger partial charge on any atom is 0.295 e. The van der Waals surface area contributed by atoms with Crippen LogP contribution in [-0.2, 0) is 14.3 Å². The van der Waals surface area contributed by atoms with Gasteiger partial charge in [-0.2, -0.15) is 0 Å². The summed E-state index contributed by atoms with van der Waals surface area (Å²) < 4.78 is 10.4. The maximum absolute atomic E-state index is 12.9. The fourth-order valence-corrected chi connectivity index (χ4v) is 3.47. The van der Waals surface area contributed by atoms with Crippen LogP contribution in [0.4, 0.5) is 5.69 Å². The van der Waals surface area contributed by atoms with E-state index in [0.29, 0.717) is 11.3 Å². The fraction of sp³-hybridized carbons (Fsp3) is 0.273. The van der Waals surface area contributed by atoms with Crippen LogP contribution in [0.15, 0.2) is 54.1 Å². The van der Waals surface area contributed by atoms with E-state index in [1.165, 1.54) is 36.3 Å². The number of Topliss-reactive ketones (excluding diaryl/α,β-unsaturated/α-hetero) is 1. The standard InChI is InChI=1S/C22H22N2O8/c1-31-17-8-4-14(5-9-17)19-18(20(26)15-2-6-16(7-3-15)24(29)30)21(27)22(28)23(19)10-12-32-13-11-25/h2-9,19,25-26H,10-13H2,1H3. The summed E-state index contributed by atoms with van der Waals surface area (Å²) >= 11 is 0. The molecule has 1 saturated heterocycles. The van der Waals surface area contributed by atoms with Gasteiger partial charge < -0.3 is 24.6 Å². The molecule has 1 atom stereocenters. The summed E-state index contributed by atoms with van der Waals surface area (Å²) in [5.41, 5.74) is 0.435. The monoisotopic (exact) mass is 442 g/mol. The number of likely N-dealkylation sites (tertiary alicyclic amines) is 1. The molecule has 3 rings (SSSR count). The zero-order chi connectivity index (χ0) is 23.3. The summed E-state index contributed by atoms with van der Waals surface area (Å²) in [6, 6.07) is 10.8. The molecule has 0 saturated carbocycles. The van der Waals surface area contributed by atoms with Gasteiger partial charge in [-0.25, -0.2) is 0 Å². The van der Waals surface area contributed by atoms with Crippen LogP contribution in [0.5, 0.6) is 5.75 Å². The minimum atomic E-state index is -0.895. The van der Waals surface area contributed by atoms with Gasteiger partial charge in [0.1, 0.15) is 11.5 Å². The van der Waals surface area contributed by atoms with Crippen molar-refractivity contribution in [1.29, 1.82) is 0 Å². The van der Waals surface area contributed by atoms with Crippen LogP contribution in [0, 0.1) is 10.1 Å². The van der Waals surface area contributed by atoms with E-state index in [1.54, 1.807) is 24.3 Å². The number of hydrogen-bond donors (Lipinski definition) is 2. The topological polar surface area (TPSA) is 139 Å². The molecule has 1 amide bonds. The number of amides is 1. The SMILES string of the molecule is COc1ccc(C2C(=C(O)c3ccc([N+](=O)[O-])cc3)C(=O)C(=O)N2CCOCCO)cc1. The fourth-order valence-electron chi connectivity index (χ4n) is 3.47. The molecule has 32 heavy (non-hydrogen) atoms. The first kappa shape index (κ1) is 22.9. The minimum Gasteiger partial charge on any atom is -0.507 e. The first-order valence-electron chi connectivity index (χ1n) is 9.74. The number of carbonyl (C=O) groups is 2. The lowest BCUT2D eigenvalue weighted by Gasteiger charge is -2.25. The van der Waals surface area contributed by atoms with Gasteiger partial charge >= 0.3 is 0 Å². The number of hydrogen-bond acceptors (Lipinski definition) is 8. The second kappa shape index (κ2) is 10.0. The number of ether oxygens (including phenoxy) is 2. The third kappa shape index (κ3) is 4.61. The molecule has 2 aromatic rings. The predicted molar refractivity (Wildman–Crippen MR) is 113 cm³/mol. The van der Waals surface area contributed by atoms with Crippen LogP contribution in [0.1, 0.15) is 17.2 Å². The number of non-ortho nitro benzene ring substituents is 1. The Kier molecular flexibility index (Phi) is 7.18. The van der Waals surface area contributed by atoms with Crippen molar-refractivity contribution in [2.24, 2.45) is 0 Å². The van der Waals surface area contributed by atoms with E-state index in [9.17, 15) is 24.8 Å². The van der Waals surface area contributed by atoms with E-state index >= 15 is 0 Å². The van der Waals surface area contributed by atoms with E-state index in [-0.39, 0.29) is 43.2 Å². The Bertz CT molecular complexity index is 1030. The molecular weight excluding hydrogens is 420 g/mol. The number of carbonyl (C=O) groups excluding carboxylic acids is 2. The first-order valence-corrected chi connectivity index (χ1v) is 9.74. The van der Waals surface area contributed by atoms with Gasteiger partial charge in [-0.05, 0) is 29.8 Å². The van der Waals surface area contributed by atoms with Gasteiger partial charge in [0, 0.05) is 24.2 Å². The molecule has 0 bridgehead atoms. The summed E-state index contributed by atoms with van der Waals surface area (Å²) in [5.74, 6) is -1.53. The van der Waals surface area contributed by atoms with Gasteiger partial charge in [-0.1, -0.05) is 12.1 Å². The molecule has 10 heteroatoms. The van der Waals surface area contributed by atoms with Crippen LogP contribution < -0.4 is 4.74 Å². The molecule has 1 aliphatic heterocycles. The van der Waals surface area contributed by atoms with Crippen molar-refractivity contribution in [3.05, 3.63) is 75.3 Å². The number of methoxy groups -OCH3 is 1. The molecule has 2 aromatic carbocycles. The normalized spacial score (nSPS) is 17.6. The molecule has 1 aliphatic rings. The predicted octanol–water partition coefficient (Wildman–Crippen LogP) is 2.03. The minimum absolute atomic E-state index is 0.0539. The Morgan fingerprint density at radius 2 is 1.75 bits per heavy atom. The molecular formula is C22H22N2O8. The zero-order valence-electron chi connectivity index (χ0n) is 17.3. The number of nitro groups is 1. The first-order chi connectivity index (χ1) is 15.4. The smallest absolute Gasteiger partial charge is 0.295 e. The lowest BCUT2D eigenvalue weighted by Crippen LogP contribution is -2.33. The summed E-state index contributed by atoms with van der Waals surface area (Å²) in [6.07, 6.45) is 0. The zero-order valence-corrected chi connectivity index (χ0v) is 17.3. The number of rotatable bonds is 9. The van der Waals surface area contributed by atoms with Crippen LogP contribution in [0.2, 0.25) is 0 Å².